The molecular weight excluding hydrogens is 205 g/mol. The molecule has 2 rings (SSSR count). The number of benzene rings is 1. The van der Waals surface area contributed by atoms with Crippen LogP contribution in [0.4, 0.5) is 4.39 Å². The zero-order valence-corrected chi connectivity index (χ0v) is 9.58. The summed E-state index contributed by atoms with van der Waals surface area (Å²) in [6.07, 6.45) is 1.01. The molecule has 1 aromatic carbocycles. The maximum atomic E-state index is 12.9. The standard InChI is InChI=1S/C13H18FNO/c1-13(9-15,6-10-7-16-8-10)11-2-4-12(14)5-3-11/h2-5,10H,6-9,15H2,1H3. The van der Waals surface area contributed by atoms with Crippen LogP contribution in [-0.2, 0) is 10.2 Å². The predicted octanol–water partition coefficient (Wildman–Crippen LogP) is 2.08. The molecule has 1 aliphatic heterocycles. The van der Waals surface area contributed by atoms with Crippen molar-refractivity contribution in [2.24, 2.45) is 11.7 Å². The van der Waals surface area contributed by atoms with Gasteiger partial charge in [0, 0.05) is 17.9 Å². The van der Waals surface area contributed by atoms with Gasteiger partial charge < -0.3 is 10.5 Å². The lowest BCUT2D eigenvalue weighted by atomic mass is 9.75. The van der Waals surface area contributed by atoms with E-state index in [1.54, 1.807) is 0 Å². The van der Waals surface area contributed by atoms with E-state index in [9.17, 15) is 4.39 Å². The van der Waals surface area contributed by atoms with E-state index in [4.69, 9.17) is 10.5 Å². The molecule has 1 atom stereocenters. The Hall–Kier alpha value is -0.930. The average molecular weight is 223 g/mol. The molecule has 0 saturated carbocycles. The van der Waals surface area contributed by atoms with E-state index in [1.807, 2.05) is 12.1 Å². The summed E-state index contributed by atoms with van der Waals surface area (Å²) in [7, 11) is 0. The van der Waals surface area contributed by atoms with Crippen molar-refractivity contribution in [3.63, 3.8) is 0 Å². The first-order chi connectivity index (χ1) is 7.64. The molecule has 0 aliphatic carbocycles. The summed E-state index contributed by atoms with van der Waals surface area (Å²) in [6.45, 7) is 4.38. The van der Waals surface area contributed by atoms with Crippen molar-refractivity contribution in [1.82, 2.24) is 0 Å². The maximum Gasteiger partial charge on any atom is 0.123 e. The van der Waals surface area contributed by atoms with Gasteiger partial charge in [0.05, 0.1) is 13.2 Å². The van der Waals surface area contributed by atoms with Gasteiger partial charge in [0.1, 0.15) is 5.82 Å². The van der Waals surface area contributed by atoms with Gasteiger partial charge >= 0.3 is 0 Å². The molecule has 88 valence electrons. The van der Waals surface area contributed by atoms with Crippen LogP contribution in [0.15, 0.2) is 24.3 Å². The summed E-state index contributed by atoms with van der Waals surface area (Å²) in [5.41, 5.74) is 6.92. The largest absolute Gasteiger partial charge is 0.381 e. The molecule has 0 amide bonds. The second kappa shape index (κ2) is 4.52. The van der Waals surface area contributed by atoms with Crippen LogP contribution in [0.1, 0.15) is 18.9 Å². The van der Waals surface area contributed by atoms with Crippen molar-refractivity contribution in [2.75, 3.05) is 19.8 Å². The Morgan fingerprint density at radius 1 is 1.38 bits per heavy atom. The van der Waals surface area contributed by atoms with Gasteiger partial charge in [-0.15, -0.1) is 0 Å². The third-order valence-corrected chi connectivity index (χ3v) is 3.44. The molecule has 2 N–H and O–H groups in total. The van der Waals surface area contributed by atoms with Crippen molar-refractivity contribution < 1.29 is 9.13 Å². The van der Waals surface area contributed by atoms with E-state index in [0.717, 1.165) is 25.2 Å². The fourth-order valence-corrected chi connectivity index (χ4v) is 2.21. The molecule has 0 aromatic heterocycles. The Kier molecular flexibility index (Phi) is 3.26. The summed E-state index contributed by atoms with van der Waals surface area (Å²) < 4.78 is 18.0. The lowest BCUT2D eigenvalue weighted by Crippen LogP contribution is -2.39. The topological polar surface area (TPSA) is 35.2 Å². The summed E-state index contributed by atoms with van der Waals surface area (Å²) in [6, 6.07) is 6.67. The number of ether oxygens (including phenoxy) is 1. The average Bonchev–Trinajstić information content (AvgIpc) is 2.24. The van der Waals surface area contributed by atoms with E-state index in [-0.39, 0.29) is 11.2 Å². The Balaban J connectivity index is 2.15. The molecule has 1 unspecified atom stereocenters. The van der Waals surface area contributed by atoms with Gasteiger partial charge in [0.25, 0.3) is 0 Å². The fraction of sp³-hybridized carbons (Fsp3) is 0.538. The zero-order valence-electron chi connectivity index (χ0n) is 9.58. The van der Waals surface area contributed by atoms with E-state index in [2.05, 4.69) is 6.92 Å². The summed E-state index contributed by atoms with van der Waals surface area (Å²) in [5.74, 6) is 0.397. The van der Waals surface area contributed by atoms with Crippen LogP contribution < -0.4 is 5.73 Å². The molecule has 1 saturated heterocycles. The molecule has 1 fully saturated rings. The molecule has 0 radical (unpaired) electrons. The quantitative estimate of drug-likeness (QED) is 0.848. The first-order valence-corrected chi connectivity index (χ1v) is 5.68. The van der Waals surface area contributed by atoms with Crippen molar-refractivity contribution in [1.29, 1.82) is 0 Å². The zero-order chi connectivity index (χ0) is 11.6. The van der Waals surface area contributed by atoms with Crippen LogP contribution in [0.5, 0.6) is 0 Å². The van der Waals surface area contributed by atoms with Crippen molar-refractivity contribution in [3.05, 3.63) is 35.6 Å². The second-order valence-electron chi connectivity index (χ2n) is 4.88. The highest BCUT2D eigenvalue weighted by molar-refractivity contribution is 5.25. The van der Waals surface area contributed by atoms with Gasteiger partial charge in [-0.05, 0) is 24.1 Å². The molecule has 2 nitrogen and oxygen atoms in total. The van der Waals surface area contributed by atoms with Crippen LogP contribution in [0.3, 0.4) is 0 Å². The SMILES string of the molecule is CC(CN)(CC1COC1)c1ccc(F)cc1. The minimum absolute atomic E-state index is 0.0673. The lowest BCUT2D eigenvalue weighted by Gasteiger charge is -2.36. The van der Waals surface area contributed by atoms with E-state index in [1.165, 1.54) is 12.1 Å². The highest BCUT2D eigenvalue weighted by Gasteiger charge is 2.32. The monoisotopic (exact) mass is 223 g/mol. The van der Waals surface area contributed by atoms with Gasteiger partial charge in [-0.1, -0.05) is 19.1 Å². The third kappa shape index (κ3) is 2.25. The molecule has 1 aliphatic rings. The molecular formula is C13H18FNO. The highest BCUT2D eigenvalue weighted by Crippen LogP contribution is 2.32. The number of hydrogen-bond acceptors (Lipinski definition) is 2. The van der Waals surface area contributed by atoms with E-state index < -0.39 is 0 Å². The van der Waals surface area contributed by atoms with Gasteiger partial charge in [-0.2, -0.15) is 0 Å². The minimum atomic E-state index is -0.199. The van der Waals surface area contributed by atoms with Crippen LogP contribution in [0.25, 0.3) is 0 Å². The normalized spacial score (nSPS) is 20.2. The Labute approximate surface area is 95.6 Å². The van der Waals surface area contributed by atoms with Crippen LogP contribution in [-0.4, -0.2) is 19.8 Å². The predicted molar refractivity (Wildman–Crippen MR) is 61.7 cm³/mol. The Morgan fingerprint density at radius 3 is 2.44 bits per heavy atom. The Bertz CT molecular complexity index is 347. The molecule has 0 bridgehead atoms. The van der Waals surface area contributed by atoms with Crippen LogP contribution in [0, 0.1) is 11.7 Å². The van der Waals surface area contributed by atoms with E-state index in [0.29, 0.717) is 12.5 Å². The molecule has 1 heterocycles. The molecule has 3 heteroatoms. The van der Waals surface area contributed by atoms with Crippen LogP contribution >= 0.6 is 0 Å². The molecule has 1 aromatic rings. The number of nitrogens with two attached hydrogens (primary N) is 1. The molecule has 16 heavy (non-hydrogen) atoms. The van der Waals surface area contributed by atoms with Gasteiger partial charge in [0.15, 0.2) is 0 Å². The van der Waals surface area contributed by atoms with Crippen molar-refractivity contribution in [3.8, 4) is 0 Å². The fourth-order valence-electron chi connectivity index (χ4n) is 2.21. The lowest BCUT2D eigenvalue weighted by molar-refractivity contribution is -0.0441. The number of rotatable bonds is 4. The second-order valence-corrected chi connectivity index (χ2v) is 4.88. The summed E-state index contributed by atoms with van der Waals surface area (Å²) in [4.78, 5) is 0. The summed E-state index contributed by atoms with van der Waals surface area (Å²) >= 11 is 0. The van der Waals surface area contributed by atoms with Gasteiger partial charge in [-0.25, -0.2) is 4.39 Å². The minimum Gasteiger partial charge on any atom is -0.381 e. The first kappa shape index (κ1) is 11.6. The van der Waals surface area contributed by atoms with Gasteiger partial charge in [0.2, 0.25) is 0 Å². The third-order valence-electron chi connectivity index (χ3n) is 3.44. The molecule has 0 spiro atoms. The summed E-state index contributed by atoms with van der Waals surface area (Å²) in [5, 5.41) is 0. The smallest absolute Gasteiger partial charge is 0.123 e. The highest BCUT2D eigenvalue weighted by atomic mass is 19.1. The van der Waals surface area contributed by atoms with Crippen LogP contribution in [0.2, 0.25) is 0 Å². The van der Waals surface area contributed by atoms with Gasteiger partial charge in [-0.3, -0.25) is 0 Å². The van der Waals surface area contributed by atoms with Crippen molar-refractivity contribution >= 4 is 0 Å². The maximum absolute atomic E-state index is 12.9. The van der Waals surface area contributed by atoms with E-state index >= 15 is 0 Å². The Morgan fingerprint density at radius 2 is 2.00 bits per heavy atom. The number of hydrogen-bond donors (Lipinski definition) is 1. The first-order valence-electron chi connectivity index (χ1n) is 5.68. The van der Waals surface area contributed by atoms with Crippen molar-refractivity contribution in [2.45, 2.75) is 18.8 Å². The number of halogens is 1.